The molecule has 1 N–H and O–H groups in total. The summed E-state index contributed by atoms with van der Waals surface area (Å²) in [7, 11) is 1.69. The molecule has 1 aromatic carbocycles. The van der Waals surface area contributed by atoms with Crippen LogP contribution in [0.2, 0.25) is 0 Å². The molecule has 0 atom stereocenters. The Kier molecular flexibility index (Phi) is 4.13. The highest BCUT2D eigenvalue weighted by Crippen LogP contribution is 2.34. The molecule has 0 radical (unpaired) electrons. The molecule has 0 fully saturated rings. The standard InChI is InChI=1S/C19H21FN4O/c1-12-17(13-6-8-14(20)9-7-13)19-22-16-5-3-4-15(16)18(24(19)23-12)21-10-11-25-2/h6-9,21H,3-5,10-11H2,1-2H3. The number of benzene rings is 1. The normalized spacial score (nSPS) is 13.4. The van der Waals surface area contributed by atoms with Crippen LogP contribution in [0.25, 0.3) is 16.8 Å². The Balaban J connectivity index is 1.90. The molecule has 0 unspecified atom stereocenters. The van der Waals surface area contributed by atoms with Crippen LogP contribution in [0.4, 0.5) is 10.2 Å². The third kappa shape index (κ3) is 2.76. The van der Waals surface area contributed by atoms with E-state index in [1.807, 2.05) is 11.4 Å². The van der Waals surface area contributed by atoms with Gasteiger partial charge in [0.2, 0.25) is 0 Å². The third-order valence-electron chi connectivity index (χ3n) is 4.69. The lowest BCUT2D eigenvalue weighted by Gasteiger charge is -2.13. The van der Waals surface area contributed by atoms with Crippen molar-refractivity contribution in [2.45, 2.75) is 26.2 Å². The van der Waals surface area contributed by atoms with E-state index in [1.54, 1.807) is 19.2 Å². The van der Waals surface area contributed by atoms with Crippen LogP contribution in [0.5, 0.6) is 0 Å². The average Bonchev–Trinajstić information content (AvgIpc) is 3.19. The zero-order chi connectivity index (χ0) is 17.4. The largest absolute Gasteiger partial charge is 0.383 e. The van der Waals surface area contributed by atoms with Gasteiger partial charge in [0.25, 0.3) is 0 Å². The van der Waals surface area contributed by atoms with E-state index in [0.29, 0.717) is 13.2 Å². The number of rotatable bonds is 5. The van der Waals surface area contributed by atoms with Crippen LogP contribution in [0.3, 0.4) is 0 Å². The van der Waals surface area contributed by atoms with Crippen molar-refractivity contribution in [1.29, 1.82) is 0 Å². The molecule has 2 aromatic heterocycles. The Morgan fingerprint density at radius 2 is 2.04 bits per heavy atom. The van der Waals surface area contributed by atoms with Gasteiger partial charge in [-0.1, -0.05) is 12.1 Å². The van der Waals surface area contributed by atoms with Gasteiger partial charge in [-0.25, -0.2) is 9.37 Å². The smallest absolute Gasteiger partial charge is 0.165 e. The lowest BCUT2D eigenvalue weighted by Crippen LogP contribution is -2.14. The quantitative estimate of drug-likeness (QED) is 0.724. The third-order valence-corrected chi connectivity index (χ3v) is 4.69. The van der Waals surface area contributed by atoms with Crippen molar-refractivity contribution >= 4 is 11.5 Å². The Morgan fingerprint density at radius 1 is 1.24 bits per heavy atom. The van der Waals surface area contributed by atoms with Crippen LogP contribution in [0, 0.1) is 12.7 Å². The summed E-state index contributed by atoms with van der Waals surface area (Å²) in [6, 6.07) is 6.52. The minimum atomic E-state index is -0.242. The summed E-state index contributed by atoms with van der Waals surface area (Å²) < 4.78 is 20.4. The monoisotopic (exact) mass is 340 g/mol. The molecule has 4 rings (SSSR count). The summed E-state index contributed by atoms with van der Waals surface area (Å²) in [5.74, 6) is 0.764. The lowest BCUT2D eigenvalue weighted by atomic mass is 10.1. The van der Waals surface area contributed by atoms with Gasteiger partial charge in [0.05, 0.1) is 12.3 Å². The molecule has 130 valence electrons. The summed E-state index contributed by atoms with van der Waals surface area (Å²) in [5.41, 5.74) is 5.99. The number of anilines is 1. The summed E-state index contributed by atoms with van der Waals surface area (Å²) in [6.45, 7) is 3.31. The number of halogens is 1. The summed E-state index contributed by atoms with van der Waals surface area (Å²) in [6.07, 6.45) is 3.11. The number of hydrogen-bond donors (Lipinski definition) is 1. The molecule has 0 amide bonds. The van der Waals surface area contributed by atoms with Crippen LogP contribution in [-0.2, 0) is 17.6 Å². The van der Waals surface area contributed by atoms with Crippen LogP contribution in [0.1, 0.15) is 23.4 Å². The highest BCUT2D eigenvalue weighted by atomic mass is 19.1. The van der Waals surface area contributed by atoms with Crippen molar-refractivity contribution in [3.8, 4) is 11.1 Å². The summed E-state index contributed by atoms with van der Waals surface area (Å²) in [5, 5.41) is 8.19. The van der Waals surface area contributed by atoms with Crippen molar-refractivity contribution in [3.05, 3.63) is 47.0 Å². The molecule has 2 heterocycles. The second-order valence-electron chi connectivity index (χ2n) is 6.36. The van der Waals surface area contributed by atoms with Crippen molar-refractivity contribution < 1.29 is 9.13 Å². The maximum Gasteiger partial charge on any atom is 0.165 e. The van der Waals surface area contributed by atoms with Gasteiger partial charge in [0.15, 0.2) is 5.65 Å². The fraction of sp³-hybridized carbons (Fsp3) is 0.368. The van der Waals surface area contributed by atoms with Crippen LogP contribution >= 0.6 is 0 Å². The zero-order valence-corrected chi connectivity index (χ0v) is 14.5. The first-order valence-electron chi connectivity index (χ1n) is 8.59. The number of aryl methyl sites for hydroxylation is 2. The van der Waals surface area contributed by atoms with Crippen molar-refractivity contribution in [2.24, 2.45) is 0 Å². The molecule has 0 bridgehead atoms. The molecule has 1 aliphatic carbocycles. The highest BCUT2D eigenvalue weighted by molar-refractivity contribution is 5.81. The van der Waals surface area contributed by atoms with E-state index in [0.717, 1.165) is 53.2 Å². The number of aromatic nitrogens is 3. The van der Waals surface area contributed by atoms with Crippen LogP contribution in [0.15, 0.2) is 24.3 Å². The minimum Gasteiger partial charge on any atom is -0.383 e. The Labute approximate surface area is 145 Å². The maximum atomic E-state index is 13.3. The highest BCUT2D eigenvalue weighted by Gasteiger charge is 2.23. The Bertz CT molecular complexity index is 918. The first kappa shape index (κ1) is 16.0. The SMILES string of the molecule is COCCNc1c2c(nc3c(-c4ccc(F)cc4)c(C)nn13)CCC2. The van der Waals surface area contributed by atoms with Gasteiger partial charge >= 0.3 is 0 Å². The van der Waals surface area contributed by atoms with E-state index in [-0.39, 0.29) is 5.82 Å². The molecule has 0 saturated carbocycles. The number of nitrogens with one attached hydrogen (secondary N) is 1. The van der Waals surface area contributed by atoms with Crippen LogP contribution < -0.4 is 5.32 Å². The number of nitrogens with zero attached hydrogens (tertiary/aromatic N) is 3. The predicted molar refractivity (Wildman–Crippen MR) is 95.5 cm³/mol. The molecular formula is C19H21FN4O. The molecule has 1 aliphatic rings. The van der Waals surface area contributed by atoms with E-state index in [1.165, 1.54) is 17.7 Å². The van der Waals surface area contributed by atoms with Gasteiger partial charge in [0.1, 0.15) is 11.6 Å². The van der Waals surface area contributed by atoms with Gasteiger partial charge in [0, 0.05) is 30.5 Å². The molecule has 3 aromatic rings. The van der Waals surface area contributed by atoms with Crippen LogP contribution in [-0.4, -0.2) is 34.9 Å². The molecule has 0 aliphatic heterocycles. The van der Waals surface area contributed by atoms with E-state index in [9.17, 15) is 4.39 Å². The maximum absolute atomic E-state index is 13.3. The predicted octanol–water partition coefficient (Wildman–Crippen LogP) is 3.39. The Morgan fingerprint density at radius 3 is 2.80 bits per heavy atom. The van der Waals surface area contributed by atoms with E-state index in [2.05, 4.69) is 5.32 Å². The first-order chi connectivity index (χ1) is 12.2. The number of hydrogen-bond acceptors (Lipinski definition) is 4. The van der Waals surface area contributed by atoms with Gasteiger partial charge in [-0.3, -0.25) is 0 Å². The molecule has 5 nitrogen and oxygen atoms in total. The minimum absolute atomic E-state index is 0.242. The number of fused-ring (bicyclic) bond motifs is 2. The van der Waals surface area contributed by atoms with Gasteiger partial charge in [-0.2, -0.15) is 9.61 Å². The van der Waals surface area contributed by atoms with Crippen molar-refractivity contribution in [2.75, 3.05) is 25.6 Å². The molecule has 6 heteroatoms. The summed E-state index contributed by atoms with van der Waals surface area (Å²) in [4.78, 5) is 4.90. The van der Waals surface area contributed by atoms with Gasteiger partial charge < -0.3 is 10.1 Å². The molecule has 0 saturated heterocycles. The second kappa shape index (κ2) is 6.44. The first-order valence-corrected chi connectivity index (χ1v) is 8.59. The number of methoxy groups -OCH3 is 1. The fourth-order valence-corrected chi connectivity index (χ4v) is 3.54. The van der Waals surface area contributed by atoms with E-state index in [4.69, 9.17) is 14.8 Å². The molecular weight excluding hydrogens is 319 g/mol. The Hall–Kier alpha value is -2.47. The van der Waals surface area contributed by atoms with Crippen molar-refractivity contribution in [1.82, 2.24) is 14.6 Å². The summed E-state index contributed by atoms with van der Waals surface area (Å²) >= 11 is 0. The topological polar surface area (TPSA) is 51.5 Å². The second-order valence-corrected chi connectivity index (χ2v) is 6.36. The van der Waals surface area contributed by atoms with E-state index >= 15 is 0 Å². The van der Waals surface area contributed by atoms with Gasteiger partial charge in [-0.15, -0.1) is 0 Å². The molecule has 0 spiro atoms. The fourth-order valence-electron chi connectivity index (χ4n) is 3.54. The van der Waals surface area contributed by atoms with E-state index < -0.39 is 0 Å². The average molecular weight is 340 g/mol. The zero-order valence-electron chi connectivity index (χ0n) is 14.5. The molecule has 25 heavy (non-hydrogen) atoms. The number of ether oxygens (including phenoxy) is 1. The lowest BCUT2D eigenvalue weighted by molar-refractivity contribution is 0.210. The van der Waals surface area contributed by atoms with Crippen molar-refractivity contribution in [3.63, 3.8) is 0 Å². The van der Waals surface area contributed by atoms with Gasteiger partial charge in [-0.05, 0) is 43.9 Å².